The number of benzene rings is 2. The first kappa shape index (κ1) is 22.2. The molecule has 32 heavy (non-hydrogen) atoms. The number of nitrogens with zero attached hydrogens (tertiary/aromatic N) is 2. The second kappa shape index (κ2) is 9.26. The van der Waals surface area contributed by atoms with Crippen molar-refractivity contribution in [2.45, 2.75) is 19.9 Å². The summed E-state index contributed by atoms with van der Waals surface area (Å²) in [5, 5.41) is 0. The lowest BCUT2D eigenvalue weighted by Crippen LogP contribution is -2.39. The number of aromatic nitrogens is 1. The molecule has 164 valence electrons. The van der Waals surface area contributed by atoms with Gasteiger partial charge in [0, 0.05) is 0 Å². The van der Waals surface area contributed by atoms with Crippen molar-refractivity contribution >= 4 is 39.3 Å². The number of carbonyl (C=O) groups excluding carboxylic acids is 1. The molecule has 0 saturated carbocycles. The molecule has 0 N–H and O–H groups in total. The molecule has 4 rings (SSSR count). The van der Waals surface area contributed by atoms with Crippen LogP contribution in [-0.4, -0.2) is 24.3 Å². The zero-order valence-corrected chi connectivity index (χ0v) is 20.2. The van der Waals surface area contributed by atoms with E-state index in [9.17, 15) is 9.59 Å². The Labute approximate surface area is 197 Å². The number of halogens is 1. The molecule has 2 aromatic carbocycles. The summed E-state index contributed by atoms with van der Waals surface area (Å²) in [6.45, 7) is 3.78. The molecular weight excluding hydrogens is 492 g/mol. The van der Waals surface area contributed by atoms with Crippen LogP contribution in [0.15, 0.2) is 74.1 Å². The van der Waals surface area contributed by atoms with Gasteiger partial charge in [-0.25, -0.2) is 9.79 Å². The van der Waals surface area contributed by atoms with Crippen LogP contribution in [0.4, 0.5) is 0 Å². The van der Waals surface area contributed by atoms with E-state index in [2.05, 4.69) is 20.9 Å². The Kier molecular flexibility index (Phi) is 6.43. The van der Waals surface area contributed by atoms with Gasteiger partial charge in [0.05, 0.1) is 40.0 Å². The molecule has 0 aliphatic carbocycles. The maximum Gasteiger partial charge on any atom is 0.338 e. The van der Waals surface area contributed by atoms with Crippen molar-refractivity contribution in [3.8, 4) is 5.75 Å². The van der Waals surface area contributed by atoms with Gasteiger partial charge in [0.1, 0.15) is 5.75 Å². The predicted molar refractivity (Wildman–Crippen MR) is 128 cm³/mol. The predicted octanol–water partition coefficient (Wildman–Crippen LogP) is 3.57. The van der Waals surface area contributed by atoms with Crippen LogP contribution in [-0.2, 0) is 9.53 Å². The molecule has 1 aliphatic rings. The third-order valence-corrected chi connectivity index (χ3v) is 6.71. The molecule has 8 heteroatoms. The van der Waals surface area contributed by atoms with Gasteiger partial charge in [0.2, 0.25) is 0 Å². The van der Waals surface area contributed by atoms with E-state index in [1.807, 2.05) is 54.6 Å². The number of rotatable bonds is 5. The fraction of sp³-hybridized carbons (Fsp3) is 0.208. The summed E-state index contributed by atoms with van der Waals surface area (Å²) in [7, 11) is 1.60. The number of thiazole rings is 1. The number of hydrogen-bond donors (Lipinski definition) is 0. The molecule has 1 aromatic heterocycles. The van der Waals surface area contributed by atoms with Crippen LogP contribution >= 0.6 is 27.3 Å². The topological polar surface area (TPSA) is 69.9 Å². The molecule has 6 nitrogen and oxygen atoms in total. The lowest BCUT2D eigenvalue weighted by atomic mass is 9.96. The largest absolute Gasteiger partial charge is 0.496 e. The highest BCUT2D eigenvalue weighted by Gasteiger charge is 2.33. The molecular formula is C24H21BrN2O4S. The van der Waals surface area contributed by atoms with E-state index in [4.69, 9.17) is 9.47 Å². The van der Waals surface area contributed by atoms with Gasteiger partial charge < -0.3 is 9.47 Å². The van der Waals surface area contributed by atoms with Gasteiger partial charge in [-0.2, -0.15) is 0 Å². The van der Waals surface area contributed by atoms with E-state index in [-0.39, 0.29) is 12.2 Å². The van der Waals surface area contributed by atoms with Crippen molar-refractivity contribution in [1.29, 1.82) is 0 Å². The van der Waals surface area contributed by atoms with Crippen LogP contribution in [0.2, 0.25) is 0 Å². The van der Waals surface area contributed by atoms with Crippen LogP contribution < -0.4 is 19.6 Å². The summed E-state index contributed by atoms with van der Waals surface area (Å²) in [5.41, 5.74) is 2.40. The van der Waals surface area contributed by atoms with E-state index < -0.39 is 12.0 Å². The summed E-state index contributed by atoms with van der Waals surface area (Å²) < 4.78 is 13.5. The quantitative estimate of drug-likeness (QED) is 0.490. The Morgan fingerprint density at radius 1 is 1.25 bits per heavy atom. The van der Waals surface area contributed by atoms with Crippen LogP contribution in [0.25, 0.3) is 6.08 Å². The summed E-state index contributed by atoms with van der Waals surface area (Å²) in [6.07, 6.45) is 1.82. The smallest absolute Gasteiger partial charge is 0.338 e. The third kappa shape index (κ3) is 4.08. The average Bonchev–Trinajstić information content (AvgIpc) is 3.08. The Hall–Kier alpha value is -2.97. The molecule has 0 amide bonds. The van der Waals surface area contributed by atoms with Crippen LogP contribution in [0.1, 0.15) is 31.0 Å². The normalized spacial score (nSPS) is 15.9. The van der Waals surface area contributed by atoms with Crippen LogP contribution in [0, 0.1) is 0 Å². The first-order valence-electron chi connectivity index (χ1n) is 10.0. The van der Waals surface area contributed by atoms with Gasteiger partial charge in [-0.15, -0.1) is 0 Å². The van der Waals surface area contributed by atoms with Gasteiger partial charge in [0.25, 0.3) is 5.56 Å². The molecule has 2 heterocycles. The van der Waals surface area contributed by atoms with E-state index in [1.165, 1.54) is 11.3 Å². The molecule has 3 aromatic rings. The Bertz CT molecular complexity index is 1390. The minimum atomic E-state index is -0.601. The van der Waals surface area contributed by atoms with Crippen molar-refractivity contribution in [3.63, 3.8) is 0 Å². The summed E-state index contributed by atoms with van der Waals surface area (Å²) >= 11 is 4.78. The van der Waals surface area contributed by atoms with E-state index >= 15 is 0 Å². The third-order valence-electron chi connectivity index (χ3n) is 5.11. The number of ether oxygens (including phenoxy) is 2. The van der Waals surface area contributed by atoms with Crippen molar-refractivity contribution in [2.75, 3.05) is 13.7 Å². The lowest BCUT2D eigenvalue weighted by molar-refractivity contribution is -0.139. The summed E-state index contributed by atoms with van der Waals surface area (Å²) in [5.74, 6) is 0.248. The number of allylic oxidation sites excluding steroid dienone is 1. The second-order valence-corrected chi connectivity index (χ2v) is 8.97. The first-order valence-corrected chi connectivity index (χ1v) is 11.6. The standard InChI is InChI=1S/C24H21BrN2O4S/c1-4-31-23(29)20-14(2)26-24-27(21(20)16-8-6-5-7-9-16)22(28)19(32-24)13-15-10-11-18(30-3)17(25)12-15/h5-13,21H,4H2,1-3H3/b19-13+/t21-/m0/s1. The minimum Gasteiger partial charge on any atom is -0.496 e. The molecule has 0 fully saturated rings. The number of methoxy groups -OCH3 is 1. The number of esters is 1. The first-order chi connectivity index (χ1) is 15.4. The van der Waals surface area contributed by atoms with E-state index in [1.54, 1.807) is 25.5 Å². The van der Waals surface area contributed by atoms with Crippen molar-refractivity contribution in [1.82, 2.24) is 4.57 Å². The second-order valence-electron chi connectivity index (χ2n) is 7.11. The molecule has 1 aliphatic heterocycles. The van der Waals surface area contributed by atoms with Crippen molar-refractivity contribution < 1.29 is 14.3 Å². The zero-order chi connectivity index (χ0) is 22.8. The molecule has 0 unspecified atom stereocenters. The molecule has 0 spiro atoms. The molecule has 0 saturated heterocycles. The van der Waals surface area contributed by atoms with Crippen LogP contribution in [0.3, 0.4) is 0 Å². The van der Waals surface area contributed by atoms with Gasteiger partial charge in [-0.05, 0) is 59.1 Å². The lowest BCUT2D eigenvalue weighted by Gasteiger charge is -2.24. The monoisotopic (exact) mass is 512 g/mol. The highest BCUT2D eigenvalue weighted by molar-refractivity contribution is 9.10. The molecule has 0 radical (unpaired) electrons. The number of hydrogen-bond acceptors (Lipinski definition) is 6. The SMILES string of the molecule is CCOC(=O)C1=C(C)N=c2s/c(=C/c3ccc(OC)c(Br)c3)c(=O)n2[C@H]1c1ccccc1. The van der Waals surface area contributed by atoms with Crippen molar-refractivity contribution in [3.05, 3.63) is 95.1 Å². The maximum atomic E-state index is 13.5. The minimum absolute atomic E-state index is 0.205. The Morgan fingerprint density at radius 2 is 2.00 bits per heavy atom. The molecule has 0 bridgehead atoms. The van der Waals surface area contributed by atoms with Gasteiger partial charge >= 0.3 is 5.97 Å². The van der Waals surface area contributed by atoms with Gasteiger partial charge in [-0.3, -0.25) is 9.36 Å². The zero-order valence-electron chi connectivity index (χ0n) is 17.8. The highest BCUT2D eigenvalue weighted by Crippen LogP contribution is 2.30. The average molecular weight is 513 g/mol. The van der Waals surface area contributed by atoms with Crippen molar-refractivity contribution in [2.24, 2.45) is 4.99 Å². The molecule has 1 atom stereocenters. The number of carbonyl (C=O) groups is 1. The van der Waals surface area contributed by atoms with Crippen LogP contribution in [0.5, 0.6) is 5.75 Å². The Morgan fingerprint density at radius 3 is 2.66 bits per heavy atom. The summed E-state index contributed by atoms with van der Waals surface area (Å²) in [4.78, 5) is 31.5. The fourth-order valence-electron chi connectivity index (χ4n) is 3.67. The highest BCUT2D eigenvalue weighted by atomic mass is 79.9. The van der Waals surface area contributed by atoms with Gasteiger partial charge in [-0.1, -0.05) is 47.7 Å². The maximum absolute atomic E-state index is 13.5. The Balaban J connectivity index is 1.92. The van der Waals surface area contributed by atoms with E-state index in [0.29, 0.717) is 26.4 Å². The van der Waals surface area contributed by atoms with Gasteiger partial charge in [0.15, 0.2) is 4.80 Å². The fourth-order valence-corrected chi connectivity index (χ4v) is 5.27. The summed E-state index contributed by atoms with van der Waals surface area (Å²) in [6, 6.07) is 14.5. The van der Waals surface area contributed by atoms with E-state index in [0.717, 1.165) is 15.6 Å². The number of fused-ring (bicyclic) bond motifs is 1.